The van der Waals surface area contributed by atoms with Gasteiger partial charge in [0, 0.05) is 24.7 Å². The van der Waals surface area contributed by atoms with E-state index < -0.39 is 60.8 Å². The van der Waals surface area contributed by atoms with Crippen LogP contribution in [0.25, 0.3) is 0 Å². The van der Waals surface area contributed by atoms with E-state index in [1.807, 2.05) is 0 Å². The SMILES string of the molecule is CC(NC(=O)C(CCC(=O)O)NC(=O)CN)C(=O)NC(Cc1cnc[nH]1)C(=O)O. The van der Waals surface area contributed by atoms with Crippen LogP contribution in [-0.4, -0.2) is 74.5 Å². The first-order valence-corrected chi connectivity index (χ1v) is 8.66. The highest BCUT2D eigenvalue weighted by Crippen LogP contribution is 2.02. The molecule has 0 aliphatic carbocycles. The van der Waals surface area contributed by atoms with Crippen LogP contribution < -0.4 is 21.7 Å². The van der Waals surface area contributed by atoms with E-state index >= 15 is 0 Å². The molecule has 0 aromatic carbocycles. The number of hydrogen-bond donors (Lipinski definition) is 7. The van der Waals surface area contributed by atoms with Crippen LogP contribution in [0.2, 0.25) is 0 Å². The maximum Gasteiger partial charge on any atom is 0.326 e. The summed E-state index contributed by atoms with van der Waals surface area (Å²) in [5.41, 5.74) is 5.67. The fourth-order valence-corrected chi connectivity index (χ4v) is 2.28. The third-order valence-corrected chi connectivity index (χ3v) is 3.83. The van der Waals surface area contributed by atoms with Gasteiger partial charge in [-0.05, 0) is 13.3 Å². The zero-order valence-corrected chi connectivity index (χ0v) is 15.7. The number of nitrogens with two attached hydrogens (primary N) is 1. The Hall–Kier alpha value is -3.48. The number of nitrogens with one attached hydrogen (secondary N) is 4. The molecule has 13 heteroatoms. The molecular formula is C16H24N6O7. The summed E-state index contributed by atoms with van der Waals surface area (Å²) in [7, 11) is 0. The van der Waals surface area contributed by atoms with E-state index in [4.69, 9.17) is 10.8 Å². The van der Waals surface area contributed by atoms with E-state index in [0.29, 0.717) is 5.69 Å². The number of aromatic amines is 1. The molecule has 160 valence electrons. The summed E-state index contributed by atoms with van der Waals surface area (Å²) in [5.74, 6) is -4.68. The molecule has 0 bridgehead atoms. The maximum atomic E-state index is 12.3. The highest BCUT2D eigenvalue weighted by molar-refractivity contribution is 5.93. The fraction of sp³-hybridized carbons (Fsp3) is 0.500. The summed E-state index contributed by atoms with van der Waals surface area (Å²) in [4.78, 5) is 64.6. The van der Waals surface area contributed by atoms with Crippen molar-refractivity contribution in [3.63, 3.8) is 0 Å². The van der Waals surface area contributed by atoms with Crippen molar-refractivity contribution in [3.05, 3.63) is 18.2 Å². The van der Waals surface area contributed by atoms with Crippen LogP contribution in [0.1, 0.15) is 25.5 Å². The minimum atomic E-state index is -1.28. The van der Waals surface area contributed by atoms with Gasteiger partial charge in [-0.3, -0.25) is 19.2 Å². The van der Waals surface area contributed by atoms with Crippen molar-refractivity contribution in [3.8, 4) is 0 Å². The number of carbonyl (C=O) groups is 5. The van der Waals surface area contributed by atoms with Crippen LogP contribution in [0.5, 0.6) is 0 Å². The maximum absolute atomic E-state index is 12.3. The van der Waals surface area contributed by atoms with E-state index in [1.165, 1.54) is 19.4 Å². The van der Waals surface area contributed by atoms with Gasteiger partial charge in [-0.15, -0.1) is 0 Å². The third-order valence-electron chi connectivity index (χ3n) is 3.83. The van der Waals surface area contributed by atoms with Gasteiger partial charge in [0.15, 0.2) is 0 Å². The van der Waals surface area contributed by atoms with Gasteiger partial charge in [0.1, 0.15) is 18.1 Å². The summed E-state index contributed by atoms with van der Waals surface area (Å²) in [6.45, 7) is 0.919. The lowest BCUT2D eigenvalue weighted by atomic mass is 10.1. The molecule has 29 heavy (non-hydrogen) atoms. The Balaban J connectivity index is 2.70. The molecule has 0 saturated carbocycles. The van der Waals surface area contributed by atoms with E-state index in [0.717, 1.165) is 0 Å². The molecule has 1 rings (SSSR count). The Morgan fingerprint density at radius 1 is 1.10 bits per heavy atom. The van der Waals surface area contributed by atoms with Gasteiger partial charge in [0.2, 0.25) is 17.7 Å². The quantitative estimate of drug-likeness (QED) is 0.190. The first-order valence-electron chi connectivity index (χ1n) is 8.66. The van der Waals surface area contributed by atoms with Crippen molar-refractivity contribution in [1.29, 1.82) is 0 Å². The van der Waals surface area contributed by atoms with Gasteiger partial charge in [-0.1, -0.05) is 0 Å². The lowest BCUT2D eigenvalue weighted by Crippen LogP contribution is -2.55. The number of nitrogens with zero attached hydrogens (tertiary/aromatic N) is 1. The highest BCUT2D eigenvalue weighted by Gasteiger charge is 2.27. The molecule has 8 N–H and O–H groups in total. The van der Waals surface area contributed by atoms with Crippen molar-refractivity contribution in [2.45, 2.75) is 44.3 Å². The fourth-order valence-electron chi connectivity index (χ4n) is 2.28. The summed E-state index contributed by atoms with van der Waals surface area (Å²) in [6, 6.07) is -3.62. The van der Waals surface area contributed by atoms with Crippen LogP contribution in [0.4, 0.5) is 0 Å². The van der Waals surface area contributed by atoms with Crippen LogP contribution in [-0.2, 0) is 30.4 Å². The number of carbonyl (C=O) groups excluding carboxylic acids is 3. The number of carboxylic acid groups (broad SMARTS) is 2. The zero-order chi connectivity index (χ0) is 22.0. The second-order valence-corrected chi connectivity index (χ2v) is 6.17. The molecule has 1 aromatic heterocycles. The Bertz CT molecular complexity index is 736. The van der Waals surface area contributed by atoms with Gasteiger partial charge in [-0.25, -0.2) is 9.78 Å². The number of amides is 3. The predicted octanol–water partition coefficient (Wildman–Crippen LogP) is -2.67. The second-order valence-electron chi connectivity index (χ2n) is 6.17. The average molecular weight is 412 g/mol. The molecule has 0 fully saturated rings. The van der Waals surface area contributed by atoms with Crippen molar-refractivity contribution in [2.75, 3.05) is 6.54 Å². The van der Waals surface area contributed by atoms with Gasteiger partial charge < -0.3 is 36.9 Å². The predicted molar refractivity (Wildman–Crippen MR) is 97.3 cm³/mol. The van der Waals surface area contributed by atoms with E-state index in [1.54, 1.807) is 0 Å². The summed E-state index contributed by atoms with van der Waals surface area (Å²) in [5, 5.41) is 24.9. The standard InChI is InChI=1S/C16H24N6O7/c1-8(14(26)22-11(16(28)29)4-9-6-18-7-19-9)20-15(27)10(2-3-13(24)25)21-12(23)5-17/h6-8,10-11H,2-5,17H2,1H3,(H,18,19)(H,20,27)(H,21,23)(H,22,26)(H,24,25)(H,28,29). The van der Waals surface area contributed by atoms with Crippen molar-refractivity contribution in [1.82, 2.24) is 25.9 Å². The number of aliphatic carboxylic acids is 2. The van der Waals surface area contributed by atoms with E-state index in [9.17, 15) is 29.1 Å². The second kappa shape index (κ2) is 11.4. The number of H-pyrrole nitrogens is 1. The molecule has 3 atom stereocenters. The molecule has 0 spiro atoms. The Morgan fingerprint density at radius 2 is 1.79 bits per heavy atom. The molecular weight excluding hydrogens is 388 g/mol. The first kappa shape index (κ1) is 23.6. The van der Waals surface area contributed by atoms with Gasteiger partial charge in [0.25, 0.3) is 0 Å². The lowest BCUT2D eigenvalue weighted by molar-refractivity contribution is -0.142. The molecule has 3 unspecified atom stereocenters. The molecule has 0 radical (unpaired) electrons. The summed E-state index contributed by atoms with van der Waals surface area (Å²) in [6.07, 6.45) is 2.13. The Labute approximate surface area is 165 Å². The smallest absolute Gasteiger partial charge is 0.326 e. The monoisotopic (exact) mass is 412 g/mol. The first-order chi connectivity index (χ1) is 13.6. The molecule has 1 aromatic rings. The van der Waals surface area contributed by atoms with Crippen LogP contribution in [0, 0.1) is 0 Å². The minimum Gasteiger partial charge on any atom is -0.481 e. The normalized spacial score (nSPS) is 13.6. The van der Waals surface area contributed by atoms with Gasteiger partial charge in [-0.2, -0.15) is 0 Å². The van der Waals surface area contributed by atoms with Gasteiger partial charge >= 0.3 is 11.9 Å². The van der Waals surface area contributed by atoms with Crippen molar-refractivity contribution < 1.29 is 34.2 Å². The number of rotatable bonds is 12. The molecule has 1 heterocycles. The largest absolute Gasteiger partial charge is 0.481 e. The molecule has 0 aliphatic heterocycles. The molecule has 3 amide bonds. The summed E-state index contributed by atoms with van der Waals surface area (Å²) >= 11 is 0. The number of aromatic nitrogens is 2. The van der Waals surface area contributed by atoms with E-state index in [-0.39, 0.29) is 12.8 Å². The average Bonchev–Trinajstić information content (AvgIpc) is 3.16. The Kier molecular flexibility index (Phi) is 9.25. The van der Waals surface area contributed by atoms with Crippen LogP contribution >= 0.6 is 0 Å². The molecule has 13 nitrogen and oxygen atoms in total. The Morgan fingerprint density at radius 3 is 2.31 bits per heavy atom. The number of hydrogen-bond acceptors (Lipinski definition) is 7. The molecule has 0 aliphatic rings. The highest BCUT2D eigenvalue weighted by atomic mass is 16.4. The zero-order valence-electron chi connectivity index (χ0n) is 15.7. The number of carboxylic acids is 2. The minimum absolute atomic E-state index is 0.0461. The third kappa shape index (κ3) is 8.38. The van der Waals surface area contributed by atoms with Crippen molar-refractivity contribution >= 4 is 29.7 Å². The van der Waals surface area contributed by atoms with E-state index in [2.05, 4.69) is 25.9 Å². The topological polar surface area (TPSA) is 217 Å². The summed E-state index contributed by atoms with van der Waals surface area (Å²) < 4.78 is 0. The number of imidazole rings is 1. The van der Waals surface area contributed by atoms with Crippen LogP contribution in [0.3, 0.4) is 0 Å². The molecule has 0 saturated heterocycles. The van der Waals surface area contributed by atoms with Gasteiger partial charge in [0.05, 0.1) is 12.9 Å². The van der Waals surface area contributed by atoms with Crippen molar-refractivity contribution in [2.24, 2.45) is 5.73 Å². The van der Waals surface area contributed by atoms with Crippen LogP contribution in [0.15, 0.2) is 12.5 Å². The lowest BCUT2D eigenvalue weighted by Gasteiger charge is -2.22.